The normalized spacial score (nSPS) is 23.6. The number of carbonyl (C=O) groups is 2. The Balaban J connectivity index is 2.32. The molecule has 1 aliphatic heterocycles. The maximum absolute atomic E-state index is 11.7. The van der Waals surface area contributed by atoms with E-state index in [1.165, 1.54) is 26.4 Å². The minimum absolute atomic E-state index is 0.0781. The van der Waals surface area contributed by atoms with E-state index in [2.05, 4.69) is 9.47 Å². The Bertz CT molecular complexity index is 513. The maximum Gasteiger partial charge on any atom is 0.338 e. The molecule has 2 rings (SSSR count). The molecule has 7 heteroatoms. The van der Waals surface area contributed by atoms with Crippen LogP contribution in [-0.2, 0) is 34.3 Å². The zero-order chi connectivity index (χ0) is 15.6. The minimum Gasteiger partial charge on any atom is -0.508 e. The first-order chi connectivity index (χ1) is 9.91. The molecule has 1 aromatic carbocycles. The van der Waals surface area contributed by atoms with E-state index < -0.39 is 29.9 Å². The van der Waals surface area contributed by atoms with E-state index in [0.29, 0.717) is 5.56 Å². The highest BCUT2D eigenvalue weighted by molar-refractivity contribution is 5.86. The second kappa shape index (κ2) is 5.71. The molecule has 0 amide bonds. The van der Waals surface area contributed by atoms with Gasteiger partial charge in [-0.2, -0.15) is 0 Å². The number of aromatic hydroxyl groups is 1. The molecular formula is C14H16O7. The highest BCUT2D eigenvalue weighted by atomic mass is 16.8. The molecule has 7 nitrogen and oxygen atoms in total. The molecular weight excluding hydrogens is 280 g/mol. The standard InChI is InChI=1S/C14H16O7/c1-14(8-4-6-9(15)7-5-8)20-10(12(16)18-2)11(21-14)13(17)19-3/h4-7,10-11,15H,1-3H3/t10-,11-/m1/s1. The van der Waals surface area contributed by atoms with Crippen molar-refractivity contribution in [2.75, 3.05) is 14.2 Å². The molecule has 1 saturated heterocycles. The van der Waals surface area contributed by atoms with Crippen molar-refractivity contribution in [1.29, 1.82) is 0 Å². The van der Waals surface area contributed by atoms with Gasteiger partial charge < -0.3 is 24.1 Å². The Morgan fingerprint density at radius 2 is 1.48 bits per heavy atom. The summed E-state index contributed by atoms with van der Waals surface area (Å²) in [6, 6.07) is 6.05. The quantitative estimate of drug-likeness (QED) is 0.821. The Hall–Kier alpha value is -2.12. The van der Waals surface area contributed by atoms with Crippen molar-refractivity contribution in [2.45, 2.75) is 24.9 Å². The van der Waals surface area contributed by atoms with Gasteiger partial charge in [-0.3, -0.25) is 0 Å². The molecule has 0 unspecified atom stereocenters. The lowest BCUT2D eigenvalue weighted by Gasteiger charge is -2.23. The lowest BCUT2D eigenvalue weighted by atomic mass is 10.1. The SMILES string of the molecule is COC(=O)[C@@H]1OC(C)(c2ccc(O)cc2)O[C@H]1C(=O)OC. The van der Waals surface area contributed by atoms with Crippen LogP contribution in [0.15, 0.2) is 24.3 Å². The van der Waals surface area contributed by atoms with E-state index >= 15 is 0 Å². The maximum atomic E-state index is 11.7. The molecule has 0 aromatic heterocycles. The highest BCUT2D eigenvalue weighted by Gasteiger charge is 2.53. The predicted molar refractivity (Wildman–Crippen MR) is 69.2 cm³/mol. The third-order valence-electron chi connectivity index (χ3n) is 3.24. The predicted octanol–water partition coefficient (Wildman–Crippen LogP) is 0.695. The van der Waals surface area contributed by atoms with Gasteiger partial charge in [-0.05, 0) is 31.2 Å². The molecule has 1 fully saturated rings. The van der Waals surface area contributed by atoms with E-state index in [-0.39, 0.29) is 5.75 Å². The Morgan fingerprint density at radius 1 is 1.05 bits per heavy atom. The van der Waals surface area contributed by atoms with Crippen LogP contribution in [0, 0.1) is 0 Å². The molecule has 0 spiro atoms. The van der Waals surface area contributed by atoms with Gasteiger partial charge in [-0.15, -0.1) is 0 Å². The molecule has 0 aliphatic carbocycles. The first-order valence-electron chi connectivity index (χ1n) is 6.22. The second-order valence-corrected chi connectivity index (χ2v) is 4.62. The van der Waals surface area contributed by atoms with Crippen LogP contribution >= 0.6 is 0 Å². The van der Waals surface area contributed by atoms with Gasteiger partial charge in [0.15, 0.2) is 18.0 Å². The number of benzene rings is 1. The average molecular weight is 296 g/mol. The lowest BCUT2D eigenvalue weighted by Crippen LogP contribution is -2.38. The van der Waals surface area contributed by atoms with Gasteiger partial charge in [0.05, 0.1) is 14.2 Å². The van der Waals surface area contributed by atoms with E-state index in [1.807, 2.05) is 0 Å². The van der Waals surface area contributed by atoms with Crippen molar-refractivity contribution in [3.63, 3.8) is 0 Å². The zero-order valence-corrected chi connectivity index (χ0v) is 11.9. The molecule has 114 valence electrons. The molecule has 1 aromatic rings. The number of carbonyl (C=O) groups excluding carboxylic acids is 2. The van der Waals surface area contributed by atoms with Crippen LogP contribution in [0.1, 0.15) is 12.5 Å². The van der Waals surface area contributed by atoms with Gasteiger partial charge in [0.2, 0.25) is 0 Å². The van der Waals surface area contributed by atoms with Crippen molar-refractivity contribution >= 4 is 11.9 Å². The Labute approximate surface area is 121 Å². The second-order valence-electron chi connectivity index (χ2n) is 4.62. The number of rotatable bonds is 3. The number of hydrogen-bond acceptors (Lipinski definition) is 7. The van der Waals surface area contributed by atoms with Gasteiger partial charge in [-0.1, -0.05) is 0 Å². The number of hydrogen-bond donors (Lipinski definition) is 1. The van der Waals surface area contributed by atoms with E-state index in [0.717, 1.165) is 0 Å². The zero-order valence-electron chi connectivity index (χ0n) is 11.9. The third kappa shape index (κ3) is 2.84. The molecule has 2 atom stereocenters. The van der Waals surface area contributed by atoms with Gasteiger partial charge in [0.1, 0.15) is 5.75 Å². The van der Waals surface area contributed by atoms with Crippen LogP contribution in [0.25, 0.3) is 0 Å². The average Bonchev–Trinajstić information content (AvgIpc) is 2.85. The van der Waals surface area contributed by atoms with E-state index in [9.17, 15) is 14.7 Å². The number of esters is 2. The molecule has 0 saturated carbocycles. The van der Waals surface area contributed by atoms with Crippen LogP contribution in [0.4, 0.5) is 0 Å². The monoisotopic (exact) mass is 296 g/mol. The van der Waals surface area contributed by atoms with Crippen LogP contribution in [0.3, 0.4) is 0 Å². The van der Waals surface area contributed by atoms with Crippen LogP contribution in [-0.4, -0.2) is 43.5 Å². The fraction of sp³-hybridized carbons (Fsp3) is 0.429. The fourth-order valence-electron chi connectivity index (χ4n) is 2.11. The molecule has 21 heavy (non-hydrogen) atoms. The summed E-state index contributed by atoms with van der Waals surface area (Å²) in [6.45, 7) is 1.57. The Morgan fingerprint density at radius 3 is 1.86 bits per heavy atom. The first-order valence-corrected chi connectivity index (χ1v) is 6.22. The summed E-state index contributed by atoms with van der Waals surface area (Å²) in [7, 11) is 2.38. The molecule has 1 aliphatic rings. The molecule has 0 radical (unpaired) electrons. The van der Waals surface area contributed by atoms with Crippen molar-refractivity contribution < 1.29 is 33.6 Å². The van der Waals surface area contributed by atoms with Gasteiger partial charge in [-0.25, -0.2) is 9.59 Å². The van der Waals surface area contributed by atoms with Gasteiger partial charge in [0, 0.05) is 5.56 Å². The van der Waals surface area contributed by atoms with Crippen molar-refractivity contribution in [1.82, 2.24) is 0 Å². The van der Waals surface area contributed by atoms with E-state index in [4.69, 9.17) is 9.47 Å². The Kier molecular flexibility index (Phi) is 4.15. The van der Waals surface area contributed by atoms with Crippen LogP contribution in [0.2, 0.25) is 0 Å². The largest absolute Gasteiger partial charge is 0.508 e. The van der Waals surface area contributed by atoms with E-state index in [1.54, 1.807) is 19.1 Å². The summed E-state index contributed by atoms with van der Waals surface area (Å²) >= 11 is 0. The number of phenols is 1. The summed E-state index contributed by atoms with van der Waals surface area (Å²) in [6.07, 6.45) is -2.44. The topological polar surface area (TPSA) is 91.3 Å². The first kappa shape index (κ1) is 15.3. The van der Waals surface area contributed by atoms with Crippen LogP contribution < -0.4 is 0 Å². The van der Waals surface area contributed by atoms with Crippen molar-refractivity contribution in [3.05, 3.63) is 29.8 Å². The van der Waals surface area contributed by atoms with Crippen molar-refractivity contribution in [3.8, 4) is 5.75 Å². The summed E-state index contributed by atoms with van der Waals surface area (Å²) in [4.78, 5) is 23.5. The lowest BCUT2D eigenvalue weighted by molar-refractivity contribution is -0.185. The third-order valence-corrected chi connectivity index (χ3v) is 3.24. The number of phenolic OH excluding ortho intramolecular Hbond substituents is 1. The van der Waals surface area contributed by atoms with Crippen LogP contribution in [0.5, 0.6) is 5.75 Å². The molecule has 0 bridgehead atoms. The molecule has 1 heterocycles. The highest BCUT2D eigenvalue weighted by Crippen LogP contribution is 2.38. The minimum atomic E-state index is -1.33. The number of ether oxygens (including phenoxy) is 4. The fourth-order valence-corrected chi connectivity index (χ4v) is 2.11. The summed E-state index contributed by atoms with van der Waals surface area (Å²) in [5, 5.41) is 9.31. The van der Waals surface area contributed by atoms with Gasteiger partial charge >= 0.3 is 11.9 Å². The number of methoxy groups -OCH3 is 2. The summed E-state index contributed by atoms with van der Waals surface area (Å²) in [5.74, 6) is -2.71. The smallest absolute Gasteiger partial charge is 0.338 e. The van der Waals surface area contributed by atoms with Gasteiger partial charge in [0.25, 0.3) is 0 Å². The van der Waals surface area contributed by atoms with Crippen molar-refractivity contribution in [2.24, 2.45) is 0 Å². The summed E-state index contributed by atoms with van der Waals surface area (Å²) in [5.41, 5.74) is 0.542. The molecule has 1 N–H and O–H groups in total. The summed E-state index contributed by atoms with van der Waals surface area (Å²) < 4.78 is 20.4.